The summed E-state index contributed by atoms with van der Waals surface area (Å²) in [6, 6.07) is 5.59. The van der Waals surface area contributed by atoms with Gasteiger partial charge < -0.3 is 20.9 Å². The fraction of sp³-hybridized carbons (Fsp3) is 0.300. The Morgan fingerprint density at radius 2 is 2.07 bits per heavy atom. The van der Waals surface area contributed by atoms with Crippen molar-refractivity contribution >= 4 is 5.96 Å². The number of hydrogen-bond acceptors (Lipinski definition) is 3. The summed E-state index contributed by atoms with van der Waals surface area (Å²) >= 11 is 0. The zero-order chi connectivity index (χ0) is 10.8. The predicted molar refractivity (Wildman–Crippen MR) is 56.8 cm³/mol. The maximum Gasteiger partial charge on any atom is 0.231 e. The van der Waals surface area contributed by atoms with Crippen LogP contribution in [0.1, 0.15) is 18.5 Å². The molecule has 15 heavy (non-hydrogen) atoms. The highest BCUT2D eigenvalue weighted by Gasteiger charge is 2.15. The lowest BCUT2D eigenvalue weighted by atomic mass is 10.1. The van der Waals surface area contributed by atoms with E-state index in [9.17, 15) is 0 Å². The lowest BCUT2D eigenvalue weighted by Gasteiger charge is -2.07. The molecule has 1 unspecified atom stereocenters. The second-order valence-electron chi connectivity index (χ2n) is 3.34. The topological polar surface area (TPSA) is 82.9 Å². The molecule has 1 heterocycles. The molecule has 5 nitrogen and oxygen atoms in total. The van der Waals surface area contributed by atoms with Crippen molar-refractivity contribution in [3.05, 3.63) is 23.8 Å². The molecule has 0 spiro atoms. The predicted octanol–water partition coefficient (Wildman–Crippen LogP) is 0.750. The van der Waals surface area contributed by atoms with Crippen molar-refractivity contribution in [2.45, 2.75) is 13.0 Å². The molecule has 1 aliphatic heterocycles. The van der Waals surface area contributed by atoms with Crippen molar-refractivity contribution in [3.8, 4) is 11.5 Å². The molecule has 2 rings (SSSR count). The molecule has 0 bridgehead atoms. The Hall–Kier alpha value is -1.91. The van der Waals surface area contributed by atoms with Crippen LogP contribution in [0.4, 0.5) is 0 Å². The second-order valence-corrected chi connectivity index (χ2v) is 3.34. The van der Waals surface area contributed by atoms with E-state index in [1.54, 1.807) is 0 Å². The van der Waals surface area contributed by atoms with E-state index in [-0.39, 0.29) is 18.8 Å². The van der Waals surface area contributed by atoms with Crippen LogP contribution in [0.5, 0.6) is 11.5 Å². The van der Waals surface area contributed by atoms with Gasteiger partial charge in [-0.15, -0.1) is 0 Å². The Kier molecular flexibility index (Phi) is 2.37. The van der Waals surface area contributed by atoms with E-state index in [0.29, 0.717) is 0 Å². The first-order valence-corrected chi connectivity index (χ1v) is 4.65. The van der Waals surface area contributed by atoms with E-state index < -0.39 is 0 Å². The van der Waals surface area contributed by atoms with Gasteiger partial charge >= 0.3 is 0 Å². The van der Waals surface area contributed by atoms with Gasteiger partial charge in [0.15, 0.2) is 17.5 Å². The number of guanidine groups is 1. The standard InChI is InChI=1S/C10H13N3O2/c1-6(13-10(11)12)7-2-3-8-9(4-7)15-5-14-8/h2-4,6H,5H2,1H3,(H4,11,12,13). The first-order valence-electron chi connectivity index (χ1n) is 4.65. The molecule has 4 N–H and O–H groups in total. The lowest BCUT2D eigenvalue weighted by molar-refractivity contribution is 0.174. The van der Waals surface area contributed by atoms with Crippen LogP contribution >= 0.6 is 0 Å². The van der Waals surface area contributed by atoms with Gasteiger partial charge in [-0.2, -0.15) is 0 Å². The van der Waals surface area contributed by atoms with Gasteiger partial charge in [-0.05, 0) is 24.6 Å². The van der Waals surface area contributed by atoms with Crippen LogP contribution in [0.2, 0.25) is 0 Å². The van der Waals surface area contributed by atoms with Crippen molar-refractivity contribution in [2.75, 3.05) is 6.79 Å². The molecule has 80 valence electrons. The van der Waals surface area contributed by atoms with Gasteiger partial charge in [-0.3, -0.25) is 0 Å². The minimum absolute atomic E-state index is 0.0792. The molecule has 0 aliphatic carbocycles. The number of hydrogen-bond donors (Lipinski definition) is 2. The average Bonchev–Trinajstić information content (AvgIpc) is 2.62. The van der Waals surface area contributed by atoms with E-state index in [1.165, 1.54) is 0 Å². The molecule has 0 radical (unpaired) electrons. The van der Waals surface area contributed by atoms with Crippen molar-refractivity contribution < 1.29 is 9.47 Å². The minimum atomic E-state index is -0.0792. The van der Waals surface area contributed by atoms with Gasteiger partial charge in [0.25, 0.3) is 0 Å². The van der Waals surface area contributed by atoms with E-state index in [4.69, 9.17) is 20.9 Å². The fourth-order valence-electron chi connectivity index (χ4n) is 1.47. The maximum absolute atomic E-state index is 5.32. The van der Waals surface area contributed by atoms with Gasteiger partial charge in [-0.1, -0.05) is 6.07 Å². The summed E-state index contributed by atoms with van der Waals surface area (Å²) in [5.74, 6) is 1.58. The molecule has 1 aliphatic rings. The summed E-state index contributed by atoms with van der Waals surface area (Å²) in [7, 11) is 0. The highest BCUT2D eigenvalue weighted by molar-refractivity contribution is 5.76. The molecule has 1 aromatic rings. The summed E-state index contributed by atoms with van der Waals surface area (Å²) in [5, 5.41) is 0. The van der Waals surface area contributed by atoms with Crippen molar-refractivity contribution in [2.24, 2.45) is 16.5 Å². The summed E-state index contributed by atoms with van der Waals surface area (Å²) in [6.07, 6.45) is 0. The lowest BCUT2D eigenvalue weighted by Crippen LogP contribution is -2.23. The number of aliphatic imine (C=N–C) groups is 1. The highest BCUT2D eigenvalue weighted by atomic mass is 16.7. The Morgan fingerprint density at radius 1 is 1.33 bits per heavy atom. The Bertz CT molecular complexity index is 400. The summed E-state index contributed by atoms with van der Waals surface area (Å²) in [6.45, 7) is 2.19. The fourth-order valence-corrected chi connectivity index (χ4v) is 1.47. The van der Waals surface area contributed by atoms with Crippen molar-refractivity contribution in [3.63, 3.8) is 0 Å². The third-order valence-electron chi connectivity index (χ3n) is 2.22. The quantitative estimate of drug-likeness (QED) is 0.553. The van der Waals surface area contributed by atoms with Crippen molar-refractivity contribution in [1.82, 2.24) is 0 Å². The third-order valence-corrected chi connectivity index (χ3v) is 2.22. The summed E-state index contributed by atoms with van der Waals surface area (Å²) in [5.41, 5.74) is 11.6. The second kappa shape index (κ2) is 3.68. The first kappa shape index (κ1) is 9.64. The Morgan fingerprint density at radius 3 is 2.80 bits per heavy atom. The molecule has 0 amide bonds. The number of nitrogens with two attached hydrogens (primary N) is 2. The molecular formula is C10H13N3O2. The van der Waals surface area contributed by atoms with Crippen molar-refractivity contribution in [1.29, 1.82) is 0 Å². The van der Waals surface area contributed by atoms with Crippen LogP contribution in [0.15, 0.2) is 23.2 Å². The van der Waals surface area contributed by atoms with E-state index >= 15 is 0 Å². The molecule has 1 atom stereocenters. The number of ether oxygens (including phenoxy) is 2. The van der Waals surface area contributed by atoms with E-state index in [0.717, 1.165) is 17.1 Å². The van der Waals surface area contributed by atoms with Crippen LogP contribution in [0.25, 0.3) is 0 Å². The third kappa shape index (κ3) is 1.96. The number of benzene rings is 1. The molecule has 1 aromatic carbocycles. The number of rotatable bonds is 2. The maximum atomic E-state index is 5.32. The van der Waals surface area contributed by atoms with Crippen LogP contribution in [-0.4, -0.2) is 12.8 Å². The van der Waals surface area contributed by atoms with E-state index in [1.807, 2.05) is 25.1 Å². The van der Waals surface area contributed by atoms with Gasteiger partial charge in [0.1, 0.15) is 0 Å². The van der Waals surface area contributed by atoms with Gasteiger partial charge in [-0.25, -0.2) is 4.99 Å². The Labute approximate surface area is 87.7 Å². The SMILES string of the molecule is CC(N=C(N)N)c1ccc2c(c1)OCO2. The number of nitrogens with zero attached hydrogens (tertiary/aromatic N) is 1. The zero-order valence-corrected chi connectivity index (χ0v) is 8.43. The average molecular weight is 207 g/mol. The van der Waals surface area contributed by atoms with E-state index in [2.05, 4.69) is 4.99 Å². The smallest absolute Gasteiger partial charge is 0.231 e. The molecule has 0 aromatic heterocycles. The van der Waals surface area contributed by atoms with Crippen LogP contribution in [0.3, 0.4) is 0 Å². The molecule has 5 heteroatoms. The molecule has 0 saturated carbocycles. The number of fused-ring (bicyclic) bond motifs is 1. The largest absolute Gasteiger partial charge is 0.454 e. The monoisotopic (exact) mass is 207 g/mol. The molecule has 0 fully saturated rings. The first-order chi connectivity index (χ1) is 7.16. The van der Waals surface area contributed by atoms with Crippen LogP contribution in [0, 0.1) is 0 Å². The summed E-state index contributed by atoms with van der Waals surface area (Å²) in [4.78, 5) is 4.05. The molecular weight excluding hydrogens is 194 g/mol. The van der Waals surface area contributed by atoms with Gasteiger partial charge in [0.2, 0.25) is 6.79 Å². The minimum Gasteiger partial charge on any atom is -0.454 e. The highest BCUT2D eigenvalue weighted by Crippen LogP contribution is 2.34. The normalized spacial score (nSPS) is 14.7. The Balaban J connectivity index is 2.26. The molecule has 0 saturated heterocycles. The zero-order valence-electron chi connectivity index (χ0n) is 8.43. The summed E-state index contributed by atoms with van der Waals surface area (Å²) < 4.78 is 10.5. The van der Waals surface area contributed by atoms with Gasteiger partial charge in [0.05, 0.1) is 6.04 Å². The van der Waals surface area contributed by atoms with Gasteiger partial charge in [0, 0.05) is 0 Å². The van der Waals surface area contributed by atoms with Crippen LogP contribution in [-0.2, 0) is 0 Å². The van der Waals surface area contributed by atoms with Crippen LogP contribution < -0.4 is 20.9 Å².